The molecule has 0 atom stereocenters. The highest BCUT2D eigenvalue weighted by atomic mass is 19.1. The van der Waals surface area contributed by atoms with E-state index in [4.69, 9.17) is 9.47 Å². The number of aromatic nitrogens is 1. The number of anilines is 1. The number of benzene rings is 2. The van der Waals surface area contributed by atoms with Crippen molar-refractivity contribution in [2.45, 2.75) is 0 Å². The molecule has 0 radical (unpaired) electrons. The molecule has 0 fully saturated rings. The standard InChI is InChI=1S/C18H14F2N2O4/c1-25-10-3-4-13(15(7-10)26-2)22-18(24)11-8-21-14-6-9(19)5-12(20)16(14)17(11)23/h3-8H,1-2H3,(H,21,23)(H,22,24). The molecule has 0 aliphatic heterocycles. The third-order valence-corrected chi connectivity index (χ3v) is 3.80. The molecule has 0 saturated heterocycles. The maximum atomic E-state index is 14.0. The second-order valence-electron chi connectivity index (χ2n) is 5.36. The number of H-pyrrole nitrogens is 1. The molecule has 3 aromatic rings. The van der Waals surface area contributed by atoms with Crippen LogP contribution < -0.4 is 20.2 Å². The molecule has 0 bridgehead atoms. The van der Waals surface area contributed by atoms with Gasteiger partial charge in [-0.1, -0.05) is 0 Å². The summed E-state index contributed by atoms with van der Waals surface area (Å²) in [5.41, 5.74) is -0.898. The van der Waals surface area contributed by atoms with Crippen molar-refractivity contribution in [1.82, 2.24) is 4.98 Å². The lowest BCUT2D eigenvalue weighted by atomic mass is 10.1. The van der Waals surface area contributed by atoms with Gasteiger partial charge in [0.05, 0.1) is 30.8 Å². The number of hydrogen-bond donors (Lipinski definition) is 2. The van der Waals surface area contributed by atoms with Crippen molar-refractivity contribution >= 4 is 22.5 Å². The van der Waals surface area contributed by atoms with Crippen LogP contribution in [0.4, 0.5) is 14.5 Å². The number of rotatable bonds is 4. The van der Waals surface area contributed by atoms with Crippen LogP contribution >= 0.6 is 0 Å². The molecular formula is C18H14F2N2O4. The van der Waals surface area contributed by atoms with Gasteiger partial charge >= 0.3 is 0 Å². The Labute approximate surface area is 146 Å². The van der Waals surface area contributed by atoms with E-state index in [2.05, 4.69) is 10.3 Å². The molecule has 0 spiro atoms. The van der Waals surface area contributed by atoms with Crippen LogP contribution in [0.25, 0.3) is 10.9 Å². The van der Waals surface area contributed by atoms with Crippen molar-refractivity contribution in [2.24, 2.45) is 0 Å². The Morgan fingerprint density at radius 2 is 1.88 bits per heavy atom. The van der Waals surface area contributed by atoms with E-state index in [0.717, 1.165) is 12.3 Å². The van der Waals surface area contributed by atoms with Crippen LogP contribution in [0.15, 0.2) is 41.3 Å². The fourth-order valence-corrected chi connectivity index (χ4v) is 2.53. The van der Waals surface area contributed by atoms with Gasteiger partial charge in [-0.2, -0.15) is 0 Å². The number of methoxy groups -OCH3 is 2. The number of hydrogen-bond acceptors (Lipinski definition) is 4. The minimum Gasteiger partial charge on any atom is -0.497 e. The number of amides is 1. The molecule has 26 heavy (non-hydrogen) atoms. The number of aromatic amines is 1. The Bertz CT molecular complexity index is 1060. The maximum Gasteiger partial charge on any atom is 0.261 e. The van der Waals surface area contributed by atoms with Gasteiger partial charge in [0.1, 0.15) is 28.7 Å². The predicted octanol–water partition coefficient (Wildman–Crippen LogP) is 3.08. The summed E-state index contributed by atoms with van der Waals surface area (Å²) >= 11 is 0. The summed E-state index contributed by atoms with van der Waals surface area (Å²) in [4.78, 5) is 27.5. The Morgan fingerprint density at radius 1 is 1.12 bits per heavy atom. The first kappa shape index (κ1) is 17.4. The van der Waals surface area contributed by atoms with Gasteiger partial charge in [-0.25, -0.2) is 8.78 Å². The van der Waals surface area contributed by atoms with Crippen LogP contribution in [0, 0.1) is 11.6 Å². The van der Waals surface area contributed by atoms with E-state index in [-0.39, 0.29) is 16.5 Å². The number of pyridine rings is 1. The van der Waals surface area contributed by atoms with Crippen molar-refractivity contribution in [3.63, 3.8) is 0 Å². The third kappa shape index (κ3) is 3.08. The second-order valence-corrected chi connectivity index (χ2v) is 5.36. The molecule has 0 aliphatic carbocycles. The molecule has 1 amide bonds. The first-order valence-corrected chi connectivity index (χ1v) is 7.48. The first-order chi connectivity index (χ1) is 12.4. The lowest BCUT2D eigenvalue weighted by molar-refractivity contribution is 0.102. The third-order valence-electron chi connectivity index (χ3n) is 3.80. The van der Waals surface area contributed by atoms with E-state index in [9.17, 15) is 18.4 Å². The van der Waals surface area contributed by atoms with Crippen molar-refractivity contribution in [3.8, 4) is 11.5 Å². The van der Waals surface area contributed by atoms with Gasteiger partial charge in [0.2, 0.25) is 5.43 Å². The summed E-state index contributed by atoms with van der Waals surface area (Å²) in [6, 6.07) is 6.27. The summed E-state index contributed by atoms with van der Waals surface area (Å²) in [7, 11) is 2.90. The zero-order chi connectivity index (χ0) is 18.8. The number of nitrogens with one attached hydrogen (secondary N) is 2. The van der Waals surface area contributed by atoms with E-state index in [1.165, 1.54) is 14.2 Å². The van der Waals surface area contributed by atoms with E-state index in [1.54, 1.807) is 18.2 Å². The summed E-state index contributed by atoms with van der Waals surface area (Å²) < 4.78 is 37.5. The van der Waals surface area contributed by atoms with E-state index >= 15 is 0 Å². The maximum absolute atomic E-state index is 14.0. The topological polar surface area (TPSA) is 80.4 Å². The van der Waals surface area contributed by atoms with Crippen LogP contribution in [-0.2, 0) is 0 Å². The fraction of sp³-hybridized carbons (Fsp3) is 0.111. The van der Waals surface area contributed by atoms with E-state index in [0.29, 0.717) is 23.3 Å². The van der Waals surface area contributed by atoms with Gasteiger partial charge in [-0.05, 0) is 18.2 Å². The van der Waals surface area contributed by atoms with Gasteiger partial charge in [-0.3, -0.25) is 9.59 Å². The highest BCUT2D eigenvalue weighted by molar-refractivity contribution is 6.06. The molecular weight excluding hydrogens is 346 g/mol. The van der Waals surface area contributed by atoms with Crippen molar-refractivity contribution in [3.05, 3.63) is 63.9 Å². The fourth-order valence-electron chi connectivity index (χ4n) is 2.53. The molecule has 2 aromatic carbocycles. The minimum atomic E-state index is -1.04. The quantitative estimate of drug-likeness (QED) is 0.749. The Kier molecular flexibility index (Phi) is 4.57. The van der Waals surface area contributed by atoms with Gasteiger partial charge in [0.15, 0.2) is 0 Å². The largest absolute Gasteiger partial charge is 0.497 e. The number of carbonyl (C=O) groups is 1. The average Bonchev–Trinajstić information content (AvgIpc) is 2.61. The number of ether oxygens (including phenoxy) is 2. The molecule has 0 unspecified atom stereocenters. The monoisotopic (exact) mass is 360 g/mol. The molecule has 1 aromatic heterocycles. The van der Waals surface area contributed by atoms with Gasteiger partial charge in [-0.15, -0.1) is 0 Å². The van der Waals surface area contributed by atoms with Crippen molar-refractivity contribution in [2.75, 3.05) is 19.5 Å². The Hall–Kier alpha value is -3.42. The molecule has 0 saturated carbocycles. The summed E-state index contributed by atoms with van der Waals surface area (Å²) in [5.74, 6) is -1.79. The van der Waals surface area contributed by atoms with E-state index in [1.807, 2.05) is 0 Å². The summed E-state index contributed by atoms with van der Waals surface area (Å²) in [6.07, 6.45) is 1.11. The first-order valence-electron chi connectivity index (χ1n) is 7.48. The molecule has 6 nitrogen and oxygen atoms in total. The lowest BCUT2D eigenvalue weighted by Gasteiger charge is -2.11. The van der Waals surface area contributed by atoms with Crippen LogP contribution in [0.5, 0.6) is 11.5 Å². The number of carbonyl (C=O) groups excluding carboxylic acids is 1. The molecule has 1 heterocycles. The van der Waals surface area contributed by atoms with Crippen molar-refractivity contribution in [1.29, 1.82) is 0 Å². The Balaban J connectivity index is 2.01. The van der Waals surface area contributed by atoms with Gasteiger partial charge < -0.3 is 19.8 Å². The normalized spacial score (nSPS) is 10.6. The SMILES string of the molecule is COc1ccc(NC(=O)c2c[nH]c3cc(F)cc(F)c3c2=O)c(OC)c1. The summed E-state index contributed by atoms with van der Waals surface area (Å²) in [5, 5.41) is 2.14. The smallest absolute Gasteiger partial charge is 0.261 e. The molecule has 134 valence electrons. The number of halogens is 2. The number of fused-ring (bicyclic) bond motifs is 1. The molecule has 3 rings (SSSR count). The predicted molar refractivity (Wildman–Crippen MR) is 92.0 cm³/mol. The van der Waals surface area contributed by atoms with Crippen LogP contribution in [0.3, 0.4) is 0 Å². The van der Waals surface area contributed by atoms with Crippen LogP contribution in [0.2, 0.25) is 0 Å². The van der Waals surface area contributed by atoms with Crippen LogP contribution in [-0.4, -0.2) is 25.1 Å². The lowest BCUT2D eigenvalue weighted by Crippen LogP contribution is -2.22. The highest BCUT2D eigenvalue weighted by Gasteiger charge is 2.18. The Morgan fingerprint density at radius 3 is 2.58 bits per heavy atom. The van der Waals surface area contributed by atoms with E-state index < -0.39 is 23.0 Å². The molecule has 8 heteroatoms. The molecule has 2 N–H and O–H groups in total. The summed E-state index contributed by atoms with van der Waals surface area (Å²) in [6.45, 7) is 0. The van der Waals surface area contributed by atoms with Gasteiger partial charge in [0.25, 0.3) is 5.91 Å². The zero-order valence-electron chi connectivity index (χ0n) is 13.9. The minimum absolute atomic E-state index is 0.0360. The average molecular weight is 360 g/mol. The second kappa shape index (κ2) is 6.83. The zero-order valence-corrected chi connectivity index (χ0v) is 13.9. The van der Waals surface area contributed by atoms with Crippen molar-refractivity contribution < 1.29 is 23.0 Å². The van der Waals surface area contributed by atoms with Gasteiger partial charge in [0, 0.05) is 18.3 Å². The molecule has 0 aliphatic rings. The highest BCUT2D eigenvalue weighted by Crippen LogP contribution is 2.29. The van der Waals surface area contributed by atoms with Crippen LogP contribution in [0.1, 0.15) is 10.4 Å².